The molecule has 3 rings (SSSR count). The summed E-state index contributed by atoms with van der Waals surface area (Å²) in [6, 6.07) is 11.5. The van der Waals surface area contributed by atoms with Gasteiger partial charge in [0.1, 0.15) is 17.3 Å². The number of hydrogen-bond donors (Lipinski definition) is 3. The quantitative estimate of drug-likeness (QED) is 0.278. The molecule has 1 aliphatic rings. The fraction of sp³-hybridized carbons (Fsp3) is 0.391. The van der Waals surface area contributed by atoms with Crippen molar-refractivity contribution in [3.63, 3.8) is 0 Å². The zero-order chi connectivity index (χ0) is 22.2. The number of nitrogens with one attached hydrogen (secondary N) is 3. The van der Waals surface area contributed by atoms with E-state index >= 15 is 0 Å². The third-order valence-corrected chi connectivity index (χ3v) is 5.21. The lowest BCUT2D eigenvalue weighted by atomic mass is 10.1. The first kappa shape index (κ1) is 25.8. The maximum atomic E-state index is 14.1. The Labute approximate surface area is 204 Å². The van der Waals surface area contributed by atoms with Crippen LogP contribution < -0.4 is 20.9 Å². The number of rotatable bonds is 7. The average molecular weight is 557 g/mol. The van der Waals surface area contributed by atoms with Crippen molar-refractivity contribution in [1.82, 2.24) is 16.0 Å². The van der Waals surface area contributed by atoms with Crippen LogP contribution in [-0.2, 0) is 6.42 Å². The van der Waals surface area contributed by atoms with Gasteiger partial charge < -0.3 is 20.9 Å². The number of carbonyl (C=O) groups excluding carboxylic acids is 1. The Morgan fingerprint density at radius 1 is 1.19 bits per heavy atom. The van der Waals surface area contributed by atoms with Crippen LogP contribution in [0.25, 0.3) is 0 Å². The van der Waals surface area contributed by atoms with Gasteiger partial charge in [0.25, 0.3) is 5.91 Å². The van der Waals surface area contributed by atoms with Crippen LogP contribution in [0.4, 0.5) is 14.5 Å². The van der Waals surface area contributed by atoms with E-state index in [0.717, 1.165) is 12.0 Å². The predicted molar refractivity (Wildman–Crippen MR) is 135 cm³/mol. The van der Waals surface area contributed by atoms with Crippen molar-refractivity contribution in [3.8, 4) is 0 Å². The Bertz CT molecular complexity index is 920. The molecular formula is C23H30F2IN5O. The molecule has 1 atom stereocenters. The van der Waals surface area contributed by atoms with Crippen LogP contribution in [0.15, 0.2) is 47.5 Å². The Balaban J connectivity index is 0.00000363. The summed E-state index contributed by atoms with van der Waals surface area (Å²) in [5.41, 5.74) is 1.69. The SMILES string of the molecule is CCNC(=NCCc1cccc(C(=O)NC)c1)NC1CCN(c2c(F)cccc2F)C1.I. The molecule has 0 spiro atoms. The number of halogens is 3. The minimum Gasteiger partial charge on any atom is -0.365 e. The smallest absolute Gasteiger partial charge is 0.251 e. The molecule has 3 N–H and O–H groups in total. The van der Waals surface area contributed by atoms with Crippen molar-refractivity contribution in [1.29, 1.82) is 0 Å². The lowest BCUT2D eigenvalue weighted by Crippen LogP contribution is -2.44. The molecule has 1 heterocycles. The predicted octanol–water partition coefficient (Wildman–Crippen LogP) is 3.32. The fourth-order valence-corrected chi connectivity index (χ4v) is 3.69. The molecule has 1 unspecified atom stereocenters. The molecule has 9 heteroatoms. The molecule has 1 saturated heterocycles. The maximum Gasteiger partial charge on any atom is 0.251 e. The summed E-state index contributed by atoms with van der Waals surface area (Å²) in [7, 11) is 1.61. The Kier molecular flexibility index (Phi) is 10.1. The Hall–Kier alpha value is -2.43. The number of para-hydroxylation sites is 1. The second kappa shape index (κ2) is 12.6. The normalized spacial score (nSPS) is 15.8. The molecule has 1 amide bonds. The molecule has 32 heavy (non-hydrogen) atoms. The lowest BCUT2D eigenvalue weighted by molar-refractivity contribution is 0.0963. The van der Waals surface area contributed by atoms with Crippen molar-refractivity contribution in [2.75, 3.05) is 38.1 Å². The van der Waals surface area contributed by atoms with Crippen LogP contribution in [0.5, 0.6) is 0 Å². The third-order valence-electron chi connectivity index (χ3n) is 5.21. The van der Waals surface area contributed by atoms with E-state index in [9.17, 15) is 13.6 Å². The number of guanidine groups is 1. The second-order valence-corrected chi connectivity index (χ2v) is 7.44. The van der Waals surface area contributed by atoms with Crippen molar-refractivity contribution < 1.29 is 13.6 Å². The number of benzene rings is 2. The molecule has 6 nitrogen and oxygen atoms in total. The van der Waals surface area contributed by atoms with E-state index < -0.39 is 11.6 Å². The topological polar surface area (TPSA) is 68.8 Å². The summed E-state index contributed by atoms with van der Waals surface area (Å²) in [5, 5.41) is 9.21. The molecule has 0 aliphatic carbocycles. The van der Waals surface area contributed by atoms with Gasteiger partial charge in [-0.1, -0.05) is 18.2 Å². The van der Waals surface area contributed by atoms with Gasteiger partial charge >= 0.3 is 0 Å². The molecule has 0 radical (unpaired) electrons. The molecule has 0 saturated carbocycles. The minimum atomic E-state index is -0.541. The highest BCUT2D eigenvalue weighted by molar-refractivity contribution is 14.0. The molecule has 174 valence electrons. The number of nitrogens with zero attached hydrogens (tertiary/aromatic N) is 2. The van der Waals surface area contributed by atoms with E-state index in [0.29, 0.717) is 44.1 Å². The van der Waals surface area contributed by atoms with Crippen LogP contribution >= 0.6 is 24.0 Å². The zero-order valence-corrected chi connectivity index (χ0v) is 20.7. The van der Waals surface area contributed by atoms with Gasteiger partial charge in [0, 0.05) is 44.8 Å². The Morgan fingerprint density at radius 2 is 1.91 bits per heavy atom. The van der Waals surface area contributed by atoms with E-state index in [4.69, 9.17) is 0 Å². The zero-order valence-electron chi connectivity index (χ0n) is 18.3. The van der Waals surface area contributed by atoms with Crippen LogP contribution in [0.3, 0.4) is 0 Å². The number of hydrogen-bond acceptors (Lipinski definition) is 3. The maximum absolute atomic E-state index is 14.1. The van der Waals surface area contributed by atoms with Crippen molar-refractivity contribution >= 4 is 41.5 Å². The first-order chi connectivity index (χ1) is 15.0. The van der Waals surface area contributed by atoms with Crippen LogP contribution in [-0.4, -0.2) is 51.1 Å². The summed E-state index contributed by atoms with van der Waals surface area (Å²) in [4.78, 5) is 18.1. The average Bonchev–Trinajstić information content (AvgIpc) is 3.21. The van der Waals surface area contributed by atoms with Crippen LogP contribution in [0, 0.1) is 11.6 Å². The molecule has 1 aliphatic heterocycles. The van der Waals surface area contributed by atoms with E-state index in [-0.39, 0.29) is 41.6 Å². The summed E-state index contributed by atoms with van der Waals surface area (Å²) >= 11 is 0. The van der Waals surface area contributed by atoms with E-state index in [1.807, 2.05) is 25.1 Å². The van der Waals surface area contributed by atoms with Crippen LogP contribution in [0.1, 0.15) is 29.3 Å². The summed E-state index contributed by atoms with van der Waals surface area (Å²) < 4.78 is 28.2. The number of carbonyl (C=O) groups is 1. The fourth-order valence-electron chi connectivity index (χ4n) is 3.69. The summed E-state index contributed by atoms with van der Waals surface area (Å²) in [6.45, 7) is 4.30. The first-order valence-electron chi connectivity index (χ1n) is 10.6. The largest absolute Gasteiger partial charge is 0.365 e. The van der Waals surface area contributed by atoms with E-state index in [1.165, 1.54) is 18.2 Å². The number of aliphatic imine (C=N–C) groups is 1. The van der Waals surface area contributed by atoms with Crippen LogP contribution in [0.2, 0.25) is 0 Å². The van der Waals surface area contributed by atoms with Gasteiger partial charge in [-0.25, -0.2) is 8.78 Å². The highest BCUT2D eigenvalue weighted by Gasteiger charge is 2.27. The molecule has 0 aromatic heterocycles. The summed E-state index contributed by atoms with van der Waals surface area (Å²) in [5.74, 6) is -0.524. The Morgan fingerprint density at radius 3 is 2.59 bits per heavy atom. The van der Waals surface area contributed by atoms with Crippen molar-refractivity contribution in [2.45, 2.75) is 25.8 Å². The first-order valence-corrected chi connectivity index (χ1v) is 10.6. The number of anilines is 1. The van der Waals surface area contributed by atoms with Gasteiger partial charge in [-0.15, -0.1) is 24.0 Å². The van der Waals surface area contributed by atoms with Gasteiger partial charge in [0.05, 0.1) is 0 Å². The van der Waals surface area contributed by atoms with Gasteiger partial charge in [-0.05, 0) is 49.6 Å². The van der Waals surface area contributed by atoms with Crippen molar-refractivity contribution in [3.05, 3.63) is 65.2 Å². The second-order valence-electron chi connectivity index (χ2n) is 7.44. The molecule has 2 aromatic rings. The highest BCUT2D eigenvalue weighted by atomic mass is 127. The minimum absolute atomic E-state index is 0. The lowest BCUT2D eigenvalue weighted by Gasteiger charge is -2.21. The standard InChI is InChI=1S/C23H29F2N5O.HI/c1-3-27-23(28-12-10-16-6-4-7-17(14-16)22(31)26-2)29-18-11-13-30(15-18)21-19(24)8-5-9-20(21)25;/h4-9,14,18H,3,10-13,15H2,1-2H3,(H,26,31)(H2,27,28,29);1H. The molecular weight excluding hydrogens is 527 g/mol. The monoisotopic (exact) mass is 557 g/mol. The van der Waals surface area contributed by atoms with Gasteiger partial charge in [-0.2, -0.15) is 0 Å². The molecule has 2 aromatic carbocycles. The molecule has 1 fully saturated rings. The van der Waals surface area contributed by atoms with E-state index in [1.54, 1.807) is 18.0 Å². The van der Waals surface area contributed by atoms with Gasteiger partial charge in [0.15, 0.2) is 5.96 Å². The third kappa shape index (κ3) is 6.78. The molecule has 0 bridgehead atoms. The highest BCUT2D eigenvalue weighted by Crippen LogP contribution is 2.26. The van der Waals surface area contributed by atoms with Gasteiger partial charge in [0.2, 0.25) is 0 Å². The summed E-state index contributed by atoms with van der Waals surface area (Å²) in [6.07, 6.45) is 1.45. The van der Waals surface area contributed by atoms with Crippen molar-refractivity contribution in [2.24, 2.45) is 4.99 Å². The van der Waals surface area contributed by atoms with Gasteiger partial charge in [-0.3, -0.25) is 9.79 Å². The number of amides is 1. The van der Waals surface area contributed by atoms with E-state index in [2.05, 4.69) is 20.9 Å².